The number of amides is 1. The van der Waals surface area contributed by atoms with Gasteiger partial charge in [-0.1, -0.05) is 19.1 Å². The first-order chi connectivity index (χ1) is 15.9. The molecular formula is C23H19F3N4O2S. The molecule has 2 aromatic carbocycles. The van der Waals surface area contributed by atoms with Crippen molar-refractivity contribution in [3.05, 3.63) is 77.9 Å². The molecule has 0 radical (unpaired) electrons. The van der Waals surface area contributed by atoms with Crippen LogP contribution in [-0.2, 0) is 11.0 Å². The van der Waals surface area contributed by atoms with Gasteiger partial charge in [-0.05, 0) is 42.3 Å². The number of rotatable bonds is 7. The average Bonchev–Trinajstić information content (AvgIpc) is 3.20. The van der Waals surface area contributed by atoms with Crippen LogP contribution in [0.25, 0.3) is 22.2 Å². The molecule has 3 N–H and O–H groups in total. The maximum Gasteiger partial charge on any atom is 0.261 e. The molecule has 0 spiro atoms. The fraction of sp³-hybridized carbons (Fsp3) is 0.130. The van der Waals surface area contributed by atoms with E-state index in [4.69, 9.17) is 0 Å². The maximum atomic E-state index is 14.9. The minimum Gasteiger partial charge on any atom is -0.346 e. The highest BCUT2D eigenvalue weighted by atomic mass is 32.2. The van der Waals surface area contributed by atoms with Crippen LogP contribution in [0.5, 0.6) is 0 Å². The number of anilines is 2. The summed E-state index contributed by atoms with van der Waals surface area (Å²) in [5.74, 6) is -3.31. The van der Waals surface area contributed by atoms with E-state index in [-0.39, 0.29) is 22.9 Å². The molecule has 0 aliphatic carbocycles. The summed E-state index contributed by atoms with van der Waals surface area (Å²) in [6, 6.07) is 9.50. The zero-order valence-electron chi connectivity index (χ0n) is 17.4. The standard InChI is InChI=1S/C23H19F3N4O2S/c1-2-9-33(32)30-19-8-7-18(25)20(21(19)26)23(31)29-15-10-16-17(12-28-22(16)27-11-15)13-3-5-14(24)6-4-13/h3-8,10-12,30H,2,9H2,1H3,(H,27,28)(H,29,31). The molecule has 0 aliphatic rings. The van der Waals surface area contributed by atoms with Crippen LogP contribution in [0.15, 0.2) is 54.9 Å². The van der Waals surface area contributed by atoms with E-state index in [9.17, 15) is 22.2 Å². The Morgan fingerprint density at radius 3 is 2.61 bits per heavy atom. The minimum absolute atomic E-state index is 0.210. The molecule has 6 nitrogen and oxygen atoms in total. The lowest BCUT2D eigenvalue weighted by molar-refractivity contribution is 0.101. The molecule has 10 heteroatoms. The molecular weight excluding hydrogens is 453 g/mol. The Morgan fingerprint density at radius 1 is 1.12 bits per heavy atom. The third-order valence-corrected chi connectivity index (χ3v) is 6.10. The highest BCUT2D eigenvalue weighted by Gasteiger charge is 2.22. The van der Waals surface area contributed by atoms with Gasteiger partial charge in [-0.3, -0.25) is 4.79 Å². The lowest BCUT2D eigenvalue weighted by Gasteiger charge is -2.11. The van der Waals surface area contributed by atoms with Crippen LogP contribution >= 0.6 is 0 Å². The zero-order valence-corrected chi connectivity index (χ0v) is 18.2. The number of pyridine rings is 1. The van der Waals surface area contributed by atoms with Crippen molar-refractivity contribution in [2.24, 2.45) is 0 Å². The number of aromatic amines is 1. The summed E-state index contributed by atoms with van der Waals surface area (Å²) in [7, 11) is -1.56. The first-order valence-electron chi connectivity index (χ1n) is 10.0. The Bertz CT molecular complexity index is 1360. The van der Waals surface area contributed by atoms with Gasteiger partial charge in [0.05, 0.1) is 17.6 Å². The molecule has 2 heterocycles. The molecule has 0 fully saturated rings. The Hall–Kier alpha value is -3.66. The molecule has 2 aromatic heterocycles. The summed E-state index contributed by atoms with van der Waals surface area (Å²) in [4.78, 5) is 19.9. The van der Waals surface area contributed by atoms with Crippen LogP contribution in [0.3, 0.4) is 0 Å². The van der Waals surface area contributed by atoms with Gasteiger partial charge in [0.25, 0.3) is 5.91 Å². The number of aromatic nitrogens is 2. The normalized spacial score (nSPS) is 12.0. The number of hydrogen-bond acceptors (Lipinski definition) is 3. The van der Waals surface area contributed by atoms with Crippen molar-refractivity contribution in [1.82, 2.24) is 9.97 Å². The Labute approximate surface area is 189 Å². The van der Waals surface area contributed by atoms with E-state index in [2.05, 4.69) is 20.0 Å². The summed E-state index contributed by atoms with van der Waals surface area (Å²) in [6.45, 7) is 1.82. The van der Waals surface area contributed by atoms with Crippen LogP contribution in [0.4, 0.5) is 24.5 Å². The molecule has 1 atom stereocenters. The summed E-state index contributed by atoms with van der Waals surface area (Å²) in [5.41, 5.74) is 1.14. The predicted molar refractivity (Wildman–Crippen MR) is 123 cm³/mol. The number of halogens is 3. The molecule has 0 saturated heterocycles. The maximum absolute atomic E-state index is 14.9. The van der Waals surface area contributed by atoms with E-state index in [1.807, 2.05) is 6.92 Å². The number of carbonyl (C=O) groups excluding carboxylic acids is 1. The van der Waals surface area contributed by atoms with Crippen molar-refractivity contribution < 1.29 is 22.2 Å². The van der Waals surface area contributed by atoms with E-state index < -0.39 is 34.1 Å². The molecule has 4 aromatic rings. The lowest BCUT2D eigenvalue weighted by atomic mass is 10.1. The van der Waals surface area contributed by atoms with Gasteiger partial charge in [0, 0.05) is 22.9 Å². The van der Waals surface area contributed by atoms with Gasteiger partial charge in [0.15, 0.2) is 5.82 Å². The van der Waals surface area contributed by atoms with Gasteiger partial charge in [-0.2, -0.15) is 0 Å². The fourth-order valence-electron chi connectivity index (χ4n) is 3.33. The third kappa shape index (κ3) is 4.75. The number of nitrogens with one attached hydrogen (secondary N) is 3. The van der Waals surface area contributed by atoms with Crippen molar-refractivity contribution in [2.45, 2.75) is 13.3 Å². The van der Waals surface area contributed by atoms with Crippen LogP contribution in [0, 0.1) is 17.5 Å². The van der Waals surface area contributed by atoms with Crippen molar-refractivity contribution in [1.29, 1.82) is 0 Å². The van der Waals surface area contributed by atoms with E-state index in [0.717, 1.165) is 23.3 Å². The summed E-state index contributed by atoms with van der Waals surface area (Å²) in [5, 5.41) is 3.09. The van der Waals surface area contributed by atoms with Gasteiger partial charge in [-0.25, -0.2) is 22.4 Å². The Morgan fingerprint density at radius 2 is 1.88 bits per heavy atom. The largest absolute Gasteiger partial charge is 0.346 e. The van der Waals surface area contributed by atoms with E-state index >= 15 is 0 Å². The highest BCUT2D eigenvalue weighted by molar-refractivity contribution is 7.86. The topological polar surface area (TPSA) is 86.9 Å². The molecule has 1 unspecified atom stereocenters. The third-order valence-electron chi connectivity index (χ3n) is 4.88. The molecule has 0 aliphatic heterocycles. The summed E-state index contributed by atoms with van der Waals surface area (Å²) in [6.07, 6.45) is 3.64. The summed E-state index contributed by atoms with van der Waals surface area (Å²) < 4.78 is 56.8. The number of carbonyl (C=O) groups is 1. The van der Waals surface area contributed by atoms with Crippen LogP contribution in [-0.4, -0.2) is 25.8 Å². The number of H-pyrrole nitrogens is 1. The second-order valence-electron chi connectivity index (χ2n) is 7.22. The van der Waals surface area contributed by atoms with Crippen molar-refractivity contribution in [2.75, 3.05) is 15.8 Å². The second kappa shape index (κ2) is 9.45. The van der Waals surface area contributed by atoms with E-state index in [1.165, 1.54) is 18.3 Å². The predicted octanol–water partition coefficient (Wildman–Crippen LogP) is 5.39. The Kier molecular flexibility index (Phi) is 6.45. The molecule has 1 amide bonds. The monoisotopic (exact) mass is 472 g/mol. The molecule has 0 saturated carbocycles. The lowest BCUT2D eigenvalue weighted by Crippen LogP contribution is -2.18. The number of nitrogens with zero attached hydrogens (tertiary/aromatic N) is 1. The second-order valence-corrected chi connectivity index (χ2v) is 8.52. The smallest absolute Gasteiger partial charge is 0.261 e. The number of benzene rings is 2. The number of hydrogen-bond donors (Lipinski definition) is 3. The number of fused-ring (bicyclic) bond motifs is 1. The average molecular weight is 472 g/mol. The highest BCUT2D eigenvalue weighted by Crippen LogP contribution is 2.30. The molecule has 170 valence electrons. The summed E-state index contributed by atoms with van der Waals surface area (Å²) >= 11 is 0. The van der Waals surface area contributed by atoms with Crippen LogP contribution in [0.1, 0.15) is 23.7 Å². The van der Waals surface area contributed by atoms with Crippen LogP contribution < -0.4 is 10.0 Å². The first kappa shape index (κ1) is 22.5. The van der Waals surface area contributed by atoms with Gasteiger partial charge in [-0.15, -0.1) is 0 Å². The van der Waals surface area contributed by atoms with E-state index in [0.29, 0.717) is 17.5 Å². The van der Waals surface area contributed by atoms with Gasteiger partial charge in [0.2, 0.25) is 0 Å². The quantitative estimate of drug-likeness (QED) is 0.337. The van der Waals surface area contributed by atoms with Crippen LogP contribution in [0.2, 0.25) is 0 Å². The molecule has 4 rings (SSSR count). The molecule has 0 bridgehead atoms. The van der Waals surface area contributed by atoms with Gasteiger partial charge < -0.3 is 15.0 Å². The van der Waals surface area contributed by atoms with E-state index in [1.54, 1.807) is 24.4 Å². The zero-order chi connectivity index (χ0) is 23.5. The van der Waals surface area contributed by atoms with Crippen molar-refractivity contribution in [3.63, 3.8) is 0 Å². The SMILES string of the molecule is CCCS(=O)Nc1ccc(F)c(C(=O)Nc2cnc3[nH]cc(-c4ccc(F)cc4)c3c2)c1F. The Balaban J connectivity index is 1.63. The fourth-order valence-corrected chi connectivity index (χ4v) is 4.21. The minimum atomic E-state index is -1.56. The van der Waals surface area contributed by atoms with Crippen molar-refractivity contribution >= 4 is 39.3 Å². The first-order valence-corrected chi connectivity index (χ1v) is 11.4. The van der Waals surface area contributed by atoms with Crippen molar-refractivity contribution in [3.8, 4) is 11.1 Å². The molecule has 33 heavy (non-hydrogen) atoms. The van der Waals surface area contributed by atoms with Gasteiger partial charge in [0.1, 0.15) is 33.8 Å². The van der Waals surface area contributed by atoms with Gasteiger partial charge >= 0.3 is 0 Å².